The molecule has 2 aromatic rings. The van der Waals surface area contributed by atoms with Crippen LogP contribution in [0.25, 0.3) is 0 Å². The van der Waals surface area contributed by atoms with Crippen LogP contribution in [0, 0.1) is 0 Å². The molecule has 0 fully saturated rings. The molecule has 0 radical (unpaired) electrons. The number of imidazole rings is 1. The summed E-state index contributed by atoms with van der Waals surface area (Å²) >= 11 is 0. The maximum Gasteiger partial charge on any atom is 0.130 e. The maximum atomic E-state index is 5.89. The van der Waals surface area contributed by atoms with Crippen LogP contribution in [0.2, 0.25) is 0 Å². The molecule has 2 N–H and O–H groups in total. The third-order valence-corrected chi connectivity index (χ3v) is 3.11. The Morgan fingerprint density at radius 3 is 3.22 bits per heavy atom. The molecule has 5 nitrogen and oxygen atoms in total. The third kappa shape index (κ3) is 1.93. The molecule has 0 aliphatic carbocycles. The molecular weight excluding hydrogens is 230 g/mol. The summed E-state index contributed by atoms with van der Waals surface area (Å²) in [6.45, 7) is 1.03. The van der Waals surface area contributed by atoms with E-state index in [0.717, 1.165) is 22.8 Å². The maximum absolute atomic E-state index is 5.89. The number of aromatic nitrogens is 2. The molecule has 1 aromatic carbocycles. The molecule has 5 heteroatoms. The molecular formula is C13H15N3O2. The van der Waals surface area contributed by atoms with Gasteiger partial charge in [0, 0.05) is 18.7 Å². The van der Waals surface area contributed by atoms with Crippen LogP contribution in [-0.4, -0.2) is 16.2 Å². The molecule has 3 rings (SSSR count). The summed E-state index contributed by atoms with van der Waals surface area (Å²) in [6.07, 6.45) is 3.54. The second kappa shape index (κ2) is 4.34. The predicted molar refractivity (Wildman–Crippen MR) is 66.4 cm³/mol. The van der Waals surface area contributed by atoms with Gasteiger partial charge in [-0.25, -0.2) is 4.98 Å². The highest BCUT2D eigenvalue weighted by Crippen LogP contribution is 2.34. The number of nitrogens with two attached hydrogens (primary N) is 1. The van der Waals surface area contributed by atoms with Gasteiger partial charge in [0.2, 0.25) is 0 Å². The number of fused-ring (bicyclic) bond motifs is 1. The first-order valence-corrected chi connectivity index (χ1v) is 5.84. The molecule has 0 saturated heterocycles. The number of ether oxygens (including phenoxy) is 2. The Morgan fingerprint density at radius 2 is 2.44 bits per heavy atom. The summed E-state index contributed by atoms with van der Waals surface area (Å²) < 4.78 is 13.1. The minimum Gasteiger partial charge on any atom is -0.491 e. The Hall–Kier alpha value is -2.01. The van der Waals surface area contributed by atoms with E-state index >= 15 is 0 Å². The molecule has 0 bridgehead atoms. The predicted octanol–water partition coefficient (Wildman–Crippen LogP) is 1.39. The van der Waals surface area contributed by atoms with E-state index < -0.39 is 0 Å². The molecule has 1 unspecified atom stereocenters. The standard InChI is InChI=1S/C13H15N3O2/c1-16-8-15-5-9(16)6-17-10-2-3-11-12(14)7-18-13(11)4-10/h2-5,8,12H,6-7,14H2,1H3. The van der Waals surface area contributed by atoms with Crippen molar-refractivity contribution in [3.8, 4) is 11.5 Å². The lowest BCUT2D eigenvalue weighted by molar-refractivity contribution is 0.293. The van der Waals surface area contributed by atoms with Crippen LogP contribution >= 0.6 is 0 Å². The fraction of sp³-hybridized carbons (Fsp3) is 0.308. The van der Waals surface area contributed by atoms with Crippen LogP contribution in [-0.2, 0) is 13.7 Å². The molecule has 0 saturated carbocycles. The monoisotopic (exact) mass is 245 g/mol. The van der Waals surface area contributed by atoms with Crippen LogP contribution in [0.5, 0.6) is 11.5 Å². The lowest BCUT2D eigenvalue weighted by atomic mass is 10.1. The van der Waals surface area contributed by atoms with Crippen molar-refractivity contribution in [3.63, 3.8) is 0 Å². The minimum atomic E-state index is -0.0221. The van der Waals surface area contributed by atoms with Gasteiger partial charge in [-0.1, -0.05) is 0 Å². The number of aryl methyl sites for hydroxylation is 1. The van der Waals surface area contributed by atoms with Crippen molar-refractivity contribution in [2.45, 2.75) is 12.6 Å². The Balaban J connectivity index is 1.73. The molecule has 2 heterocycles. The van der Waals surface area contributed by atoms with E-state index in [1.807, 2.05) is 29.8 Å². The van der Waals surface area contributed by atoms with Gasteiger partial charge in [-0.2, -0.15) is 0 Å². The van der Waals surface area contributed by atoms with Crippen molar-refractivity contribution in [2.24, 2.45) is 12.8 Å². The molecule has 94 valence electrons. The second-order valence-corrected chi connectivity index (χ2v) is 4.40. The summed E-state index contributed by atoms with van der Waals surface area (Å²) in [7, 11) is 1.94. The van der Waals surface area contributed by atoms with E-state index in [1.165, 1.54) is 0 Å². The van der Waals surface area contributed by atoms with Crippen molar-refractivity contribution in [3.05, 3.63) is 42.0 Å². The normalized spacial score (nSPS) is 17.3. The zero-order valence-electron chi connectivity index (χ0n) is 10.2. The van der Waals surface area contributed by atoms with E-state index in [-0.39, 0.29) is 6.04 Å². The second-order valence-electron chi connectivity index (χ2n) is 4.40. The van der Waals surface area contributed by atoms with E-state index in [1.54, 1.807) is 12.5 Å². The largest absolute Gasteiger partial charge is 0.491 e. The van der Waals surface area contributed by atoms with Crippen molar-refractivity contribution < 1.29 is 9.47 Å². The average molecular weight is 245 g/mol. The number of hydrogen-bond donors (Lipinski definition) is 1. The quantitative estimate of drug-likeness (QED) is 0.887. The van der Waals surface area contributed by atoms with Crippen LogP contribution in [0.1, 0.15) is 17.3 Å². The zero-order valence-corrected chi connectivity index (χ0v) is 10.2. The molecule has 1 atom stereocenters. The van der Waals surface area contributed by atoms with E-state index in [9.17, 15) is 0 Å². The summed E-state index contributed by atoms with van der Waals surface area (Å²) in [4.78, 5) is 4.04. The van der Waals surface area contributed by atoms with Crippen molar-refractivity contribution in [1.82, 2.24) is 9.55 Å². The van der Waals surface area contributed by atoms with Gasteiger partial charge in [0.05, 0.1) is 24.3 Å². The number of hydrogen-bond acceptors (Lipinski definition) is 4. The first-order chi connectivity index (χ1) is 8.74. The summed E-state index contributed by atoms with van der Waals surface area (Å²) in [5.74, 6) is 1.61. The molecule has 0 amide bonds. The van der Waals surface area contributed by atoms with E-state index in [2.05, 4.69) is 4.98 Å². The molecule has 1 aromatic heterocycles. The summed E-state index contributed by atoms with van der Waals surface area (Å²) in [6, 6.07) is 5.75. The van der Waals surface area contributed by atoms with Gasteiger partial charge in [0.15, 0.2) is 0 Å². The van der Waals surface area contributed by atoms with Gasteiger partial charge < -0.3 is 19.8 Å². The summed E-state index contributed by atoms with van der Waals surface area (Å²) in [5.41, 5.74) is 7.96. The first-order valence-electron chi connectivity index (χ1n) is 5.84. The average Bonchev–Trinajstić information content (AvgIpc) is 2.94. The molecule has 1 aliphatic heterocycles. The van der Waals surface area contributed by atoms with Crippen LogP contribution in [0.3, 0.4) is 0 Å². The summed E-state index contributed by atoms with van der Waals surface area (Å²) in [5, 5.41) is 0. The van der Waals surface area contributed by atoms with Crippen molar-refractivity contribution in [1.29, 1.82) is 0 Å². The lowest BCUT2D eigenvalue weighted by Crippen LogP contribution is -2.10. The third-order valence-electron chi connectivity index (χ3n) is 3.11. The molecule has 18 heavy (non-hydrogen) atoms. The van der Waals surface area contributed by atoms with Gasteiger partial charge in [0.1, 0.15) is 24.7 Å². The van der Waals surface area contributed by atoms with Gasteiger partial charge in [-0.15, -0.1) is 0 Å². The minimum absolute atomic E-state index is 0.0221. The highest BCUT2D eigenvalue weighted by atomic mass is 16.5. The highest BCUT2D eigenvalue weighted by molar-refractivity contribution is 5.44. The van der Waals surface area contributed by atoms with Gasteiger partial charge in [-0.3, -0.25) is 0 Å². The van der Waals surface area contributed by atoms with Crippen LogP contribution in [0.4, 0.5) is 0 Å². The Morgan fingerprint density at radius 1 is 1.56 bits per heavy atom. The fourth-order valence-corrected chi connectivity index (χ4v) is 1.99. The van der Waals surface area contributed by atoms with Gasteiger partial charge >= 0.3 is 0 Å². The van der Waals surface area contributed by atoms with Crippen molar-refractivity contribution in [2.75, 3.05) is 6.61 Å². The molecule has 1 aliphatic rings. The SMILES string of the molecule is Cn1cncc1COc1ccc2c(c1)OCC2N. The lowest BCUT2D eigenvalue weighted by Gasteiger charge is -2.08. The van der Waals surface area contributed by atoms with E-state index in [4.69, 9.17) is 15.2 Å². The first kappa shape index (κ1) is 11.1. The van der Waals surface area contributed by atoms with E-state index in [0.29, 0.717) is 13.2 Å². The van der Waals surface area contributed by atoms with Gasteiger partial charge in [-0.05, 0) is 12.1 Å². The number of rotatable bonds is 3. The smallest absolute Gasteiger partial charge is 0.130 e. The Labute approximate surface area is 105 Å². The van der Waals surface area contributed by atoms with Crippen LogP contribution in [0.15, 0.2) is 30.7 Å². The van der Waals surface area contributed by atoms with Crippen molar-refractivity contribution >= 4 is 0 Å². The number of benzene rings is 1. The van der Waals surface area contributed by atoms with Crippen LogP contribution < -0.4 is 15.2 Å². The fourth-order valence-electron chi connectivity index (χ4n) is 1.99. The van der Waals surface area contributed by atoms with Gasteiger partial charge in [0.25, 0.3) is 0 Å². The highest BCUT2D eigenvalue weighted by Gasteiger charge is 2.20. The Bertz CT molecular complexity index is 565. The molecule has 0 spiro atoms. The number of nitrogens with zero attached hydrogens (tertiary/aromatic N) is 2. The zero-order chi connectivity index (χ0) is 12.5. The Kier molecular flexibility index (Phi) is 2.68. The topological polar surface area (TPSA) is 62.3 Å².